The molecule has 0 saturated carbocycles. The van der Waals surface area contributed by atoms with Crippen molar-refractivity contribution in [2.45, 2.75) is 40.0 Å². The van der Waals surface area contributed by atoms with Gasteiger partial charge in [0.25, 0.3) is 0 Å². The highest BCUT2D eigenvalue weighted by Crippen LogP contribution is 2.33. The Kier molecular flexibility index (Phi) is 4.93. The fourth-order valence-electron chi connectivity index (χ4n) is 3.23. The van der Waals surface area contributed by atoms with Gasteiger partial charge < -0.3 is 14.1 Å². The van der Waals surface area contributed by atoms with Crippen molar-refractivity contribution in [2.24, 2.45) is 0 Å². The number of carbonyl (C=O) groups excluding carboxylic acids is 1. The number of amides is 1. The standard InChI is InChI=1S/C20H25NO3/c1-4-23-18-12-19-17(15(3)13-24-19)11-16(18)14(2)10-20(22)21-8-6-5-7-9-21/h10-13H,4-9H2,1-3H3/b14-10+. The molecular weight excluding hydrogens is 302 g/mol. The normalized spacial score (nSPS) is 15.8. The zero-order valence-electron chi connectivity index (χ0n) is 14.7. The summed E-state index contributed by atoms with van der Waals surface area (Å²) in [6.45, 7) is 8.25. The van der Waals surface area contributed by atoms with Crippen molar-refractivity contribution in [3.63, 3.8) is 0 Å². The van der Waals surface area contributed by atoms with Crippen LogP contribution in [0.5, 0.6) is 5.75 Å². The number of carbonyl (C=O) groups is 1. The highest BCUT2D eigenvalue weighted by Gasteiger charge is 2.17. The molecule has 0 radical (unpaired) electrons. The van der Waals surface area contributed by atoms with Crippen LogP contribution >= 0.6 is 0 Å². The van der Waals surface area contributed by atoms with E-state index in [4.69, 9.17) is 9.15 Å². The van der Waals surface area contributed by atoms with E-state index < -0.39 is 0 Å². The van der Waals surface area contributed by atoms with Gasteiger partial charge in [-0.05, 0) is 57.2 Å². The van der Waals surface area contributed by atoms with Crippen LogP contribution < -0.4 is 4.74 Å². The number of hydrogen-bond donors (Lipinski definition) is 0. The molecule has 1 aromatic carbocycles. The van der Waals surface area contributed by atoms with E-state index in [0.29, 0.717) is 6.61 Å². The van der Waals surface area contributed by atoms with E-state index in [1.807, 2.05) is 31.7 Å². The van der Waals surface area contributed by atoms with E-state index in [1.165, 1.54) is 6.42 Å². The Hall–Kier alpha value is -2.23. The molecule has 0 N–H and O–H groups in total. The number of hydrogen-bond acceptors (Lipinski definition) is 3. The van der Waals surface area contributed by atoms with Crippen LogP contribution in [-0.4, -0.2) is 30.5 Å². The number of benzene rings is 1. The van der Waals surface area contributed by atoms with E-state index in [0.717, 1.165) is 59.3 Å². The molecule has 0 atom stereocenters. The largest absolute Gasteiger partial charge is 0.493 e. The molecule has 0 unspecified atom stereocenters. The van der Waals surface area contributed by atoms with Crippen LogP contribution in [0.4, 0.5) is 0 Å². The maximum atomic E-state index is 12.5. The molecule has 3 rings (SSSR count). The predicted molar refractivity (Wildman–Crippen MR) is 96.2 cm³/mol. The van der Waals surface area contributed by atoms with Gasteiger partial charge in [0.05, 0.1) is 12.9 Å². The average molecular weight is 327 g/mol. The van der Waals surface area contributed by atoms with E-state index >= 15 is 0 Å². The second kappa shape index (κ2) is 7.12. The molecule has 24 heavy (non-hydrogen) atoms. The molecule has 1 aliphatic heterocycles. The van der Waals surface area contributed by atoms with Crippen LogP contribution in [-0.2, 0) is 4.79 Å². The fraction of sp³-hybridized carbons (Fsp3) is 0.450. The Bertz CT molecular complexity index is 767. The second-order valence-electron chi connectivity index (χ2n) is 6.41. The maximum absolute atomic E-state index is 12.5. The molecule has 128 valence electrons. The minimum Gasteiger partial charge on any atom is -0.493 e. The minimum atomic E-state index is 0.0960. The van der Waals surface area contributed by atoms with Gasteiger partial charge in [-0.15, -0.1) is 0 Å². The first kappa shape index (κ1) is 16.6. The summed E-state index contributed by atoms with van der Waals surface area (Å²) in [5, 5.41) is 1.06. The zero-order chi connectivity index (χ0) is 17.1. The molecule has 1 aromatic heterocycles. The smallest absolute Gasteiger partial charge is 0.246 e. The summed E-state index contributed by atoms with van der Waals surface area (Å²) in [5.41, 5.74) is 3.79. The lowest BCUT2D eigenvalue weighted by atomic mass is 10.0. The molecule has 2 aromatic rings. The van der Waals surface area contributed by atoms with Crippen LogP contribution in [0.3, 0.4) is 0 Å². The van der Waals surface area contributed by atoms with Crippen molar-refractivity contribution in [3.05, 3.63) is 35.6 Å². The van der Waals surface area contributed by atoms with Crippen LogP contribution in [0.2, 0.25) is 0 Å². The Morgan fingerprint density at radius 1 is 1.29 bits per heavy atom. The number of likely N-dealkylation sites (tertiary alicyclic amines) is 1. The quantitative estimate of drug-likeness (QED) is 0.773. The van der Waals surface area contributed by atoms with Crippen molar-refractivity contribution < 1.29 is 13.9 Å². The van der Waals surface area contributed by atoms with Crippen molar-refractivity contribution in [1.82, 2.24) is 4.90 Å². The van der Waals surface area contributed by atoms with Crippen molar-refractivity contribution >= 4 is 22.4 Å². The van der Waals surface area contributed by atoms with Gasteiger partial charge in [0.2, 0.25) is 5.91 Å². The maximum Gasteiger partial charge on any atom is 0.246 e. The molecule has 4 nitrogen and oxygen atoms in total. The monoisotopic (exact) mass is 327 g/mol. The number of piperidine rings is 1. The number of allylic oxidation sites excluding steroid dienone is 1. The number of furan rings is 1. The molecule has 4 heteroatoms. The van der Waals surface area contributed by atoms with Gasteiger partial charge in [-0.1, -0.05) is 0 Å². The number of aryl methyl sites for hydroxylation is 1. The van der Waals surface area contributed by atoms with E-state index in [9.17, 15) is 4.79 Å². The number of nitrogens with zero attached hydrogens (tertiary/aromatic N) is 1. The number of fused-ring (bicyclic) bond motifs is 1. The summed E-state index contributed by atoms with van der Waals surface area (Å²) >= 11 is 0. The predicted octanol–water partition coefficient (Wildman–Crippen LogP) is 4.56. The second-order valence-corrected chi connectivity index (χ2v) is 6.41. The Morgan fingerprint density at radius 2 is 2.04 bits per heavy atom. The highest BCUT2D eigenvalue weighted by molar-refractivity contribution is 5.97. The summed E-state index contributed by atoms with van der Waals surface area (Å²) < 4.78 is 11.3. The van der Waals surface area contributed by atoms with Gasteiger partial charge in [0, 0.05) is 36.2 Å². The fourth-order valence-corrected chi connectivity index (χ4v) is 3.23. The van der Waals surface area contributed by atoms with Gasteiger partial charge in [0.15, 0.2) is 0 Å². The van der Waals surface area contributed by atoms with Crippen LogP contribution in [0.25, 0.3) is 16.5 Å². The summed E-state index contributed by atoms with van der Waals surface area (Å²) in [5.74, 6) is 0.859. The van der Waals surface area contributed by atoms with Gasteiger partial charge >= 0.3 is 0 Å². The third kappa shape index (κ3) is 3.32. The Balaban J connectivity index is 1.95. The average Bonchev–Trinajstić information content (AvgIpc) is 2.95. The first-order chi connectivity index (χ1) is 11.6. The van der Waals surface area contributed by atoms with E-state index in [2.05, 4.69) is 6.07 Å². The summed E-state index contributed by atoms with van der Waals surface area (Å²) in [6.07, 6.45) is 6.91. The Morgan fingerprint density at radius 3 is 2.75 bits per heavy atom. The van der Waals surface area contributed by atoms with Gasteiger partial charge in [-0.25, -0.2) is 0 Å². The first-order valence-electron chi connectivity index (χ1n) is 8.72. The van der Waals surface area contributed by atoms with Crippen molar-refractivity contribution in [1.29, 1.82) is 0 Å². The highest BCUT2D eigenvalue weighted by atomic mass is 16.5. The van der Waals surface area contributed by atoms with Gasteiger partial charge in [0.1, 0.15) is 11.3 Å². The molecule has 2 heterocycles. The molecule has 0 aliphatic carbocycles. The third-order valence-electron chi connectivity index (χ3n) is 4.60. The summed E-state index contributed by atoms with van der Waals surface area (Å²) in [4.78, 5) is 14.5. The number of rotatable bonds is 4. The van der Waals surface area contributed by atoms with Crippen molar-refractivity contribution in [2.75, 3.05) is 19.7 Å². The van der Waals surface area contributed by atoms with E-state index in [-0.39, 0.29) is 5.91 Å². The molecular formula is C20H25NO3. The Labute approximate surface area is 143 Å². The molecule has 1 aliphatic rings. The molecule has 1 fully saturated rings. The van der Waals surface area contributed by atoms with Gasteiger partial charge in [-0.2, -0.15) is 0 Å². The van der Waals surface area contributed by atoms with Crippen molar-refractivity contribution in [3.8, 4) is 5.75 Å². The summed E-state index contributed by atoms with van der Waals surface area (Å²) in [7, 11) is 0. The molecule has 0 spiro atoms. The molecule has 0 bridgehead atoms. The lowest BCUT2D eigenvalue weighted by molar-refractivity contribution is -0.126. The lowest BCUT2D eigenvalue weighted by Gasteiger charge is -2.25. The van der Waals surface area contributed by atoms with Crippen LogP contribution in [0.15, 0.2) is 28.9 Å². The molecule has 1 saturated heterocycles. The SMILES string of the molecule is CCOc1cc2occ(C)c2cc1/C(C)=C/C(=O)N1CCCCC1. The molecule has 1 amide bonds. The first-order valence-corrected chi connectivity index (χ1v) is 8.72. The topological polar surface area (TPSA) is 42.7 Å². The third-order valence-corrected chi connectivity index (χ3v) is 4.60. The zero-order valence-corrected chi connectivity index (χ0v) is 14.7. The van der Waals surface area contributed by atoms with Crippen LogP contribution in [0, 0.1) is 6.92 Å². The summed E-state index contributed by atoms with van der Waals surface area (Å²) in [6, 6.07) is 3.98. The van der Waals surface area contributed by atoms with Gasteiger partial charge in [-0.3, -0.25) is 4.79 Å². The lowest BCUT2D eigenvalue weighted by Crippen LogP contribution is -2.34. The minimum absolute atomic E-state index is 0.0960. The van der Waals surface area contributed by atoms with Crippen LogP contribution in [0.1, 0.15) is 44.2 Å². The van der Waals surface area contributed by atoms with E-state index in [1.54, 1.807) is 12.3 Å². The number of ether oxygens (including phenoxy) is 1.